The van der Waals surface area contributed by atoms with Gasteiger partial charge in [0.05, 0.1) is 0 Å². The second-order valence-electron chi connectivity index (χ2n) is 4.20. The van der Waals surface area contributed by atoms with Gasteiger partial charge >= 0.3 is 0 Å². The van der Waals surface area contributed by atoms with Crippen molar-refractivity contribution in [3.05, 3.63) is 76.2 Å². The van der Waals surface area contributed by atoms with Crippen molar-refractivity contribution in [1.29, 1.82) is 0 Å². The van der Waals surface area contributed by atoms with Crippen LogP contribution in [0.4, 0.5) is 0 Å². The molecule has 0 atom stereocenters. The summed E-state index contributed by atoms with van der Waals surface area (Å²) in [5.74, 6) is 0. The standard InChI is InChI=1S/C16H14S/c1-17-15-11-13-9-5-6-10-14(13)16(15)12-7-3-2-4-8-12/h2-10H,11H2,1H3. The molecule has 3 rings (SSSR count). The normalized spacial score (nSPS) is 13.9. The monoisotopic (exact) mass is 238 g/mol. The Labute approximate surface area is 106 Å². The molecule has 0 nitrogen and oxygen atoms in total. The number of fused-ring (bicyclic) bond motifs is 1. The van der Waals surface area contributed by atoms with Gasteiger partial charge in [-0.25, -0.2) is 0 Å². The summed E-state index contributed by atoms with van der Waals surface area (Å²) in [5, 5.41) is 0. The maximum absolute atomic E-state index is 2.24. The summed E-state index contributed by atoms with van der Waals surface area (Å²) in [6.07, 6.45) is 3.26. The van der Waals surface area contributed by atoms with E-state index in [1.54, 1.807) is 0 Å². The minimum Gasteiger partial charge on any atom is -0.133 e. The summed E-state index contributed by atoms with van der Waals surface area (Å²) < 4.78 is 0. The maximum Gasteiger partial charge on any atom is 0.00469 e. The lowest BCUT2D eigenvalue weighted by Gasteiger charge is -2.07. The molecule has 0 saturated carbocycles. The van der Waals surface area contributed by atoms with Crippen molar-refractivity contribution >= 4 is 17.3 Å². The van der Waals surface area contributed by atoms with Crippen molar-refractivity contribution in [3.8, 4) is 0 Å². The van der Waals surface area contributed by atoms with Crippen molar-refractivity contribution in [2.45, 2.75) is 6.42 Å². The Morgan fingerprint density at radius 2 is 1.59 bits per heavy atom. The second-order valence-corrected chi connectivity index (χ2v) is 5.10. The van der Waals surface area contributed by atoms with Crippen LogP contribution in [0.1, 0.15) is 16.7 Å². The van der Waals surface area contributed by atoms with E-state index in [0.29, 0.717) is 0 Å². The van der Waals surface area contributed by atoms with E-state index >= 15 is 0 Å². The lowest BCUT2D eigenvalue weighted by Crippen LogP contribution is -1.86. The Morgan fingerprint density at radius 3 is 2.35 bits per heavy atom. The molecule has 0 fully saturated rings. The number of hydrogen-bond donors (Lipinski definition) is 0. The summed E-state index contributed by atoms with van der Waals surface area (Å²) in [5.41, 5.74) is 5.62. The van der Waals surface area contributed by atoms with Gasteiger partial charge < -0.3 is 0 Å². The number of rotatable bonds is 2. The first-order valence-corrected chi connectivity index (χ1v) is 7.03. The first-order valence-electron chi connectivity index (χ1n) is 5.81. The highest BCUT2D eigenvalue weighted by molar-refractivity contribution is 8.02. The molecular formula is C16H14S. The fourth-order valence-electron chi connectivity index (χ4n) is 2.43. The first-order chi connectivity index (χ1) is 8.40. The maximum atomic E-state index is 2.24. The van der Waals surface area contributed by atoms with Crippen LogP contribution in [-0.4, -0.2) is 6.26 Å². The average molecular weight is 238 g/mol. The average Bonchev–Trinajstić information content (AvgIpc) is 2.78. The van der Waals surface area contributed by atoms with E-state index < -0.39 is 0 Å². The molecule has 1 aliphatic rings. The van der Waals surface area contributed by atoms with Crippen LogP contribution in [-0.2, 0) is 6.42 Å². The lowest BCUT2D eigenvalue weighted by molar-refractivity contribution is 1.29. The molecule has 1 heteroatoms. The summed E-state index contributed by atoms with van der Waals surface area (Å²) in [7, 11) is 0. The van der Waals surface area contributed by atoms with Crippen LogP contribution in [0.3, 0.4) is 0 Å². The van der Waals surface area contributed by atoms with Gasteiger partial charge in [0.2, 0.25) is 0 Å². The predicted molar refractivity (Wildman–Crippen MR) is 76.1 cm³/mol. The van der Waals surface area contributed by atoms with Gasteiger partial charge in [0, 0.05) is 6.42 Å². The topological polar surface area (TPSA) is 0 Å². The molecule has 84 valence electrons. The van der Waals surface area contributed by atoms with E-state index in [9.17, 15) is 0 Å². The molecule has 2 aromatic carbocycles. The molecule has 0 N–H and O–H groups in total. The zero-order chi connectivity index (χ0) is 11.7. The van der Waals surface area contributed by atoms with Crippen LogP contribution in [0.15, 0.2) is 59.5 Å². The summed E-state index contributed by atoms with van der Waals surface area (Å²) in [4.78, 5) is 1.48. The van der Waals surface area contributed by atoms with E-state index in [-0.39, 0.29) is 0 Å². The molecule has 0 saturated heterocycles. The van der Waals surface area contributed by atoms with Gasteiger partial charge in [-0.05, 0) is 33.4 Å². The summed E-state index contributed by atoms with van der Waals surface area (Å²) in [6, 6.07) is 19.4. The third-order valence-corrected chi connectivity index (χ3v) is 4.07. The highest BCUT2D eigenvalue weighted by Gasteiger charge is 2.21. The smallest absolute Gasteiger partial charge is 0.00469 e. The number of benzene rings is 2. The van der Waals surface area contributed by atoms with Crippen LogP contribution < -0.4 is 0 Å². The van der Waals surface area contributed by atoms with Crippen LogP contribution >= 0.6 is 11.8 Å². The summed E-state index contributed by atoms with van der Waals surface area (Å²) >= 11 is 1.87. The molecule has 0 heterocycles. The molecule has 0 radical (unpaired) electrons. The third-order valence-electron chi connectivity index (χ3n) is 3.23. The Bertz CT molecular complexity index is 567. The van der Waals surface area contributed by atoms with Crippen LogP contribution in [0.5, 0.6) is 0 Å². The fraction of sp³-hybridized carbons (Fsp3) is 0.125. The Hall–Kier alpha value is -1.47. The zero-order valence-electron chi connectivity index (χ0n) is 9.81. The van der Waals surface area contributed by atoms with Gasteiger partial charge in [-0.2, -0.15) is 0 Å². The fourth-order valence-corrected chi connectivity index (χ4v) is 3.16. The highest BCUT2D eigenvalue weighted by atomic mass is 32.2. The van der Waals surface area contributed by atoms with E-state index in [1.807, 2.05) is 11.8 Å². The van der Waals surface area contributed by atoms with Gasteiger partial charge in [-0.1, -0.05) is 54.6 Å². The van der Waals surface area contributed by atoms with Crippen molar-refractivity contribution < 1.29 is 0 Å². The minimum absolute atomic E-state index is 1.08. The van der Waals surface area contributed by atoms with E-state index in [0.717, 1.165) is 6.42 Å². The predicted octanol–water partition coefficient (Wildman–Crippen LogP) is 4.37. The molecule has 0 aliphatic heterocycles. The molecule has 17 heavy (non-hydrogen) atoms. The molecule has 1 aliphatic carbocycles. The first kappa shape index (κ1) is 10.7. The van der Waals surface area contributed by atoms with Gasteiger partial charge in [0.15, 0.2) is 0 Å². The Morgan fingerprint density at radius 1 is 0.882 bits per heavy atom. The number of thioether (sulfide) groups is 1. The Kier molecular flexibility index (Phi) is 2.77. The van der Waals surface area contributed by atoms with Gasteiger partial charge in [0.1, 0.15) is 0 Å². The number of hydrogen-bond acceptors (Lipinski definition) is 1. The lowest BCUT2D eigenvalue weighted by atomic mass is 9.99. The molecule has 0 spiro atoms. The van der Waals surface area contributed by atoms with Gasteiger partial charge in [0.25, 0.3) is 0 Å². The van der Waals surface area contributed by atoms with Gasteiger partial charge in [-0.15, -0.1) is 11.8 Å². The van der Waals surface area contributed by atoms with Crippen molar-refractivity contribution in [2.75, 3.05) is 6.26 Å². The molecule has 2 aromatic rings. The van der Waals surface area contributed by atoms with Crippen LogP contribution in [0.25, 0.3) is 5.57 Å². The SMILES string of the molecule is CSC1=C(c2ccccc2)c2ccccc2C1. The van der Waals surface area contributed by atoms with E-state index in [4.69, 9.17) is 0 Å². The summed E-state index contributed by atoms with van der Waals surface area (Å²) in [6.45, 7) is 0. The third kappa shape index (κ3) is 1.81. The van der Waals surface area contributed by atoms with Gasteiger partial charge in [-0.3, -0.25) is 0 Å². The van der Waals surface area contributed by atoms with Crippen molar-refractivity contribution in [1.82, 2.24) is 0 Å². The molecule has 0 unspecified atom stereocenters. The second kappa shape index (κ2) is 4.42. The Balaban J connectivity index is 2.19. The van der Waals surface area contributed by atoms with Crippen LogP contribution in [0.2, 0.25) is 0 Å². The van der Waals surface area contributed by atoms with Crippen molar-refractivity contribution in [2.24, 2.45) is 0 Å². The minimum atomic E-state index is 1.08. The van der Waals surface area contributed by atoms with Crippen LogP contribution in [0, 0.1) is 0 Å². The molecule has 0 bridgehead atoms. The highest BCUT2D eigenvalue weighted by Crippen LogP contribution is 2.41. The zero-order valence-corrected chi connectivity index (χ0v) is 10.6. The van der Waals surface area contributed by atoms with E-state index in [2.05, 4.69) is 60.9 Å². The molecular weight excluding hydrogens is 224 g/mol. The molecule has 0 amide bonds. The quantitative estimate of drug-likeness (QED) is 0.749. The van der Waals surface area contributed by atoms with E-state index in [1.165, 1.54) is 27.2 Å². The number of allylic oxidation sites excluding steroid dienone is 1. The molecule has 0 aromatic heterocycles. The largest absolute Gasteiger partial charge is 0.133 e. The van der Waals surface area contributed by atoms with Crippen molar-refractivity contribution in [3.63, 3.8) is 0 Å².